The molecular weight excluding hydrogens is 385 g/mol. The Hall–Kier alpha value is -3.26. The lowest BCUT2D eigenvalue weighted by Crippen LogP contribution is -2.28. The van der Waals surface area contributed by atoms with Gasteiger partial charge >= 0.3 is 5.63 Å². The lowest BCUT2D eigenvalue weighted by atomic mass is 10.1. The molecule has 154 valence electrons. The Morgan fingerprint density at radius 1 is 1.10 bits per heavy atom. The summed E-state index contributed by atoms with van der Waals surface area (Å²) in [5, 5.41) is 0.270. The van der Waals surface area contributed by atoms with E-state index in [2.05, 4.69) is 26.8 Å². The van der Waals surface area contributed by atoms with Crippen LogP contribution in [0.5, 0.6) is 0 Å². The van der Waals surface area contributed by atoms with Gasteiger partial charge in [0.1, 0.15) is 11.4 Å². The third kappa shape index (κ3) is 3.33. The Labute approximate surface area is 172 Å². The number of imidazole rings is 1. The smallest absolute Gasteiger partial charge is 0.345 e. The van der Waals surface area contributed by atoms with E-state index in [0.717, 1.165) is 44.0 Å². The zero-order valence-corrected chi connectivity index (χ0v) is 16.9. The molecule has 3 aromatic heterocycles. The standard InChI is InChI=1S/C22H22FN5O2/c1-14-12-28-13-19(25-21(28)11-24-14)17-10-16-18(23)8-15(9-20(16)30-22(17)29)27-5-3-4-26(2)6-7-27/h8-13H,3-7H2,1-2H3. The van der Waals surface area contributed by atoms with Gasteiger partial charge in [0.2, 0.25) is 0 Å². The molecule has 4 aromatic rings. The third-order valence-corrected chi connectivity index (χ3v) is 5.62. The highest BCUT2D eigenvalue weighted by molar-refractivity contribution is 5.85. The Morgan fingerprint density at radius 3 is 2.83 bits per heavy atom. The fraction of sp³-hybridized carbons (Fsp3) is 0.318. The van der Waals surface area contributed by atoms with Crippen LogP contribution in [-0.2, 0) is 0 Å². The molecule has 1 aliphatic rings. The first-order chi connectivity index (χ1) is 14.5. The molecule has 5 rings (SSSR count). The van der Waals surface area contributed by atoms with Crippen LogP contribution >= 0.6 is 0 Å². The molecule has 0 spiro atoms. The third-order valence-electron chi connectivity index (χ3n) is 5.62. The van der Waals surface area contributed by atoms with E-state index in [1.165, 1.54) is 12.1 Å². The van der Waals surface area contributed by atoms with Crippen LogP contribution in [0.1, 0.15) is 12.1 Å². The molecular formula is C22H22FN5O2. The molecule has 1 aliphatic heterocycles. The Morgan fingerprint density at radius 2 is 1.97 bits per heavy atom. The number of aryl methyl sites for hydroxylation is 1. The summed E-state index contributed by atoms with van der Waals surface area (Å²) < 4.78 is 22.4. The summed E-state index contributed by atoms with van der Waals surface area (Å²) in [5.74, 6) is -0.411. The van der Waals surface area contributed by atoms with E-state index >= 15 is 4.39 Å². The van der Waals surface area contributed by atoms with E-state index in [9.17, 15) is 4.79 Å². The zero-order chi connectivity index (χ0) is 20.8. The summed E-state index contributed by atoms with van der Waals surface area (Å²) in [6.07, 6.45) is 6.18. The summed E-state index contributed by atoms with van der Waals surface area (Å²) in [7, 11) is 2.09. The summed E-state index contributed by atoms with van der Waals surface area (Å²) in [4.78, 5) is 25.7. The zero-order valence-electron chi connectivity index (χ0n) is 16.9. The van der Waals surface area contributed by atoms with Crippen LogP contribution in [0.4, 0.5) is 10.1 Å². The van der Waals surface area contributed by atoms with Gasteiger partial charge in [-0.05, 0) is 39.1 Å². The van der Waals surface area contributed by atoms with Gasteiger partial charge in [0.15, 0.2) is 5.65 Å². The van der Waals surface area contributed by atoms with Crippen LogP contribution < -0.4 is 10.5 Å². The van der Waals surface area contributed by atoms with Crippen LogP contribution in [0, 0.1) is 12.7 Å². The van der Waals surface area contributed by atoms with Crippen LogP contribution in [0.3, 0.4) is 0 Å². The van der Waals surface area contributed by atoms with Crippen molar-refractivity contribution in [2.24, 2.45) is 0 Å². The second-order valence-corrected chi connectivity index (χ2v) is 7.85. The molecule has 0 unspecified atom stereocenters. The maximum atomic E-state index is 15.0. The second kappa shape index (κ2) is 7.21. The molecule has 1 saturated heterocycles. The molecule has 0 N–H and O–H groups in total. The minimum Gasteiger partial charge on any atom is -0.422 e. The molecule has 30 heavy (non-hydrogen) atoms. The second-order valence-electron chi connectivity index (χ2n) is 7.85. The van der Waals surface area contributed by atoms with E-state index in [0.29, 0.717) is 11.3 Å². The van der Waals surface area contributed by atoms with Crippen molar-refractivity contribution < 1.29 is 8.81 Å². The lowest BCUT2D eigenvalue weighted by molar-refractivity contribution is 0.360. The van der Waals surface area contributed by atoms with Crippen molar-refractivity contribution in [3.8, 4) is 11.3 Å². The maximum Gasteiger partial charge on any atom is 0.345 e. The van der Waals surface area contributed by atoms with Gasteiger partial charge in [-0.3, -0.25) is 4.98 Å². The van der Waals surface area contributed by atoms with Gasteiger partial charge < -0.3 is 18.6 Å². The van der Waals surface area contributed by atoms with Crippen molar-refractivity contribution in [3.63, 3.8) is 0 Å². The minimum atomic E-state index is -0.539. The fourth-order valence-electron chi connectivity index (χ4n) is 3.96. The first-order valence-electron chi connectivity index (χ1n) is 10.0. The SMILES string of the molecule is Cc1cn2cc(-c3cc4c(F)cc(N5CCCN(C)CC5)cc4oc3=O)nc2cn1. The number of aromatic nitrogens is 3. The van der Waals surface area contributed by atoms with Gasteiger partial charge in [0.05, 0.1) is 28.5 Å². The first kappa shape index (κ1) is 18.7. The Kier molecular flexibility index (Phi) is 4.51. The molecule has 0 atom stereocenters. The number of hydrogen-bond donors (Lipinski definition) is 0. The van der Waals surface area contributed by atoms with E-state index in [1.54, 1.807) is 22.9 Å². The normalized spacial score (nSPS) is 15.8. The molecule has 0 amide bonds. The molecule has 4 heterocycles. The van der Waals surface area contributed by atoms with Crippen molar-refractivity contribution in [3.05, 3.63) is 58.7 Å². The molecule has 1 aromatic carbocycles. The van der Waals surface area contributed by atoms with Gasteiger partial charge in [-0.2, -0.15) is 0 Å². The summed E-state index contributed by atoms with van der Waals surface area (Å²) >= 11 is 0. The average Bonchev–Trinajstić information content (AvgIpc) is 2.99. The number of halogens is 1. The van der Waals surface area contributed by atoms with Crippen molar-refractivity contribution in [1.82, 2.24) is 19.3 Å². The number of rotatable bonds is 2. The molecule has 0 bridgehead atoms. The number of anilines is 1. The van der Waals surface area contributed by atoms with E-state index in [-0.39, 0.29) is 16.5 Å². The van der Waals surface area contributed by atoms with Crippen LogP contribution in [0.15, 0.2) is 46.0 Å². The molecule has 0 radical (unpaired) electrons. The highest BCUT2D eigenvalue weighted by atomic mass is 19.1. The quantitative estimate of drug-likeness (QED) is 0.476. The maximum absolute atomic E-state index is 15.0. The van der Waals surface area contributed by atoms with Crippen LogP contribution in [0.2, 0.25) is 0 Å². The first-order valence-corrected chi connectivity index (χ1v) is 10.0. The Bertz CT molecular complexity index is 1310. The van der Waals surface area contributed by atoms with Gasteiger partial charge in [0.25, 0.3) is 0 Å². The average molecular weight is 407 g/mol. The minimum absolute atomic E-state index is 0.229. The van der Waals surface area contributed by atoms with E-state index < -0.39 is 11.4 Å². The number of hydrogen-bond acceptors (Lipinski definition) is 6. The van der Waals surface area contributed by atoms with Crippen LogP contribution in [0.25, 0.3) is 27.9 Å². The summed E-state index contributed by atoms with van der Waals surface area (Å²) in [5.41, 5.74) is 2.54. The topological polar surface area (TPSA) is 66.9 Å². The molecule has 8 heteroatoms. The lowest BCUT2D eigenvalue weighted by Gasteiger charge is -2.23. The van der Waals surface area contributed by atoms with Gasteiger partial charge in [-0.25, -0.2) is 14.2 Å². The van der Waals surface area contributed by atoms with Gasteiger partial charge in [-0.15, -0.1) is 0 Å². The number of likely N-dealkylation sites (N-methyl/N-ethyl adjacent to an activating group) is 1. The van der Waals surface area contributed by atoms with Gasteiger partial charge in [0, 0.05) is 43.8 Å². The van der Waals surface area contributed by atoms with Crippen molar-refractivity contribution in [2.45, 2.75) is 13.3 Å². The number of nitrogens with zero attached hydrogens (tertiary/aromatic N) is 5. The number of benzene rings is 1. The van der Waals surface area contributed by atoms with Crippen molar-refractivity contribution >= 4 is 22.3 Å². The largest absolute Gasteiger partial charge is 0.422 e. The molecule has 0 saturated carbocycles. The summed E-state index contributed by atoms with van der Waals surface area (Å²) in [6, 6.07) is 4.80. The molecule has 1 fully saturated rings. The van der Waals surface area contributed by atoms with Crippen molar-refractivity contribution in [2.75, 3.05) is 38.1 Å². The molecule has 7 nitrogen and oxygen atoms in total. The monoisotopic (exact) mass is 407 g/mol. The number of fused-ring (bicyclic) bond motifs is 2. The Balaban J connectivity index is 1.58. The summed E-state index contributed by atoms with van der Waals surface area (Å²) in [6.45, 7) is 5.44. The van der Waals surface area contributed by atoms with Crippen LogP contribution in [-0.4, -0.2) is 52.5 Å². The fourth-order valence-corrected chi connectivity index (χ4v) is 3.96. The highest BCUT2D eigenvalue weighted by Gasteiger charge is 2.18. The molecule has 0 aliphatic carbocycles. The van der Waals surface area contributed by atoms with Crippen molar-refractivity contribution in [1.29, 1.82) is 0 Å². The van der Waals surface area contributed by atoms with E-state index in [1.807, 2.05) is 13.1 Å². The van der Waals surface area contributed by atoms with Gasteiger partial charge in [-0.1, -0.05) is 0 Å². The highest BCUT2D eigenvalue weighted by Crippen LogP contribution is 2.28. The predicted octanol–water partition coefficient (Wildman–Crippen LogP) is 3.09. The predicted molar refractivity (Wildman–Crippen MR) is 113 cm³/mol. The van der Waals surface area contributed by atoms with E-state index in [4.69, 9.17) is 4.42 Å².